The second kappa shape index (κ2) is 7.89. The highest BCUT2D eigenvalue weighted by Crippen LogP contribution is 2.27. The monoisotopic (exact) mass is 358 g/mol. The van der Waals surface area contributed by atoms with Gasteiger partial charge in [-0.15, -0.1) is 0 Å². The minimum Gasteiger partial charge on any atom is -0.496 e. The molecule has 2 aromatic carbocycles. The van der Waals surface area contributed by atoms with Crippen LogP contribution < -0.4 is 9.64 Å². The quantitative estimate of drug-likeness (QED) is 0.815. The van der Waals surface area contributed by atoms with E-state index in [0.717, 1.165) is 36.4 Å². The number of nitrogens with zero attached hydrogens (tertiary/aromatic N) is 2. The summed E-state index contributed by atoms with van der Waals surface area (Å²) in [6.45, 7) is 1.74. The zero-order valence-electron chi connectivity index (χ0n) is 14.7. The number of fused-ring (bicyclic) bond motifs is 1. The van der Waals surface area contributed by atoms with Crippen LogP contribution >= 0.6 is 11.6 Å². The molecule has 1 aliphatic rings. The molecule has 2 aromatic rings. The van der Waals surface area contributed by atoms with Gasteiger partial charge >= 0.3 is 0 Å². The molecule has 0 bridgehead atoms. The molecule has 3 rings (SSSR count). The summed E-state index contributed by atoms with van der Waals surface area (Å²) in [5, 5.41) is 0.667. The van der Waals surface area contributed by atoms with Gasteiger partial charge in [-0.05, 0) is 49.7 Å². The molecule has 0 fully saturated rings. The first-order chi connectivity index (χ1) is 12.1. The van der Waals surface area contributed by atoms with Gasteiger partial charge in [0.1, 0.15) is 5.75 Å². The number of rotatable bonds is 5. The predicted molar refractivity (Wildman–Crippen MR) is 101 cm³/mol. The SMILES string of the molecule is COc1ccc(Cl)cc1CN(C)CC(=O)N1CCCc2ccccc21. The second-order valence-electron chi connectivity index (χ2n) is 6.41. The molecule has 0 aliphatic carbocycles. The average Bonchev–Trinajstić information content (AvgIpc) is 2.61. The topological polar surface area (TPSA) is 32.8 Å². The third kappa shape index (κ3) is 4.14. The van der Waals surface area contributed by atoms with Crippen molar-refractivity contribution in [3.8, 4) is 5.75 Å². The lowest BCUT2D eigenvalue weighted by Crippen LogP contribution is -2.41. The van der Waals surface area contributed by atoms with Crippen molar-refractivity contribution in [2.24, 2.45) is 0 Å². The summed E-state index contributed by atoms with van der Waals surface area (Å²) in [5.41, 5.74) is 3.28. The minimum atomic E-state index is 0.121. The molecule has 1 heterocycles. The number of hydrogen-bond donors (Lipinski definition) is 0. The van der Waals surface area contributed by atoms with Crippen molar-refractivity contribution in [3.05, 3.63) is 58.6 Å². The molecule has 132 valence electrons. The first-order valence-corrected chi connectivity index (χ1v) is 8.85. The molecule has 5 heteroatoms. The van der Waals surface area contributed by atoms with Crippen molar-refractivity contribution in [2.45, 2.75) is 19.4 Å². The average molecular weight is 359 g/mol. The van der Waals surface area contributed by atoms with E-state index >= 15 is 0 Å². The molecular formula is C20H23ClN2O2. The summed E-state index contributed by atoms with van der Waals surface area (Å²) in [6.07, 6.45) is 2.05. The van der Waals surface area contributed by atoms with E-state index in [0.29, 0.717) is 18.1 Å². The lowest BCUT2D eigenvalue weighted by molar-refractivity contribution is -0.119. The molecule has 0 saturated carbocycles. The van der Waals surface area contributed by atoms with E-state index in [-0.39, 0.29) is 5.91 Å². The Bertz CT molecular complexity index is 763. The number of halogens is 1. The second-order valence-corrected chi connectivity index (χ2v) is 6.84. The fourth-order valence-corrected chi connectivity index (χ4v) is 3.52. The molecule has 0 aromatic heterocycles. The fourth-order valence-electron chi connectivity index (χ4n) is 3.33. The van der Waals surface area contributed by atoms with Gasteiger partial charge in [-0.2, -0.15) is 0 Å². The van der Waals surface area contributed by atoms with Gasteiger partial charge in [-0.1, -0.05) is 29.8 Å². The van der Waals surface area contributed by atoms with Crippen LogP contribution in [0, 0.1) is 0 Å². The van der Waals surface area contributed by atoms with E-state index in [2.05, 4.69) is 6.07 Å². The van der Waals surface area contributed by atoms with Crippen LogP contribution in [0.3, 0.4) is 0 Å². The molecule has 0 unspecified atom stereocenters. The highest BCUT2D eigenvalue weighted by molar-refractivity contribution is 6.30. The molecular weight excluding hydrogens is 336 g/mol. The number of hydrogen-bond acceptors (Lipinski definition) is 3. The Morgan fingerprint density at radius 3 is 2.88 bits per heavy atom. The van der Waals surface area contributed by atoms with E-state index in [1.807, 2.05) is 47.2 Å². The standard InChI is InChI=1S/C20H23ClN2O2/c1-22(13-16-12-17(21)9-10-19(16)25-2)14-20(24)23-11-5-7-15-6-3-4-8-18(15)23/h3-4,6,8-10,12H,5,7,11,13-14H2,1-2H3. The maximum atomic E-state index is 12.8. The maximum Gasteiger partial charge on any atom is 0.241 e. The normalized spacial score (nSPS) is 13.7. The van der Waals surface area contributed by atoms with Gasteiger partial charge in [-0.3, -0.25) is 9.69 Å². The summed E-state index contributed by atoms with van der Waals surface area (Å²) in [5.74, 6) is 0.905. The van der Waals surface area contributed by atoms with Crippen LogP contribution in [0.2, 0.25) is 5.02 Å². The van der Waals surface area contributed by atoms with Crippen molar-refractivity contribution in [3.63, 3.8) is 0 Å². The largest absolute Gasteiger partial charge is 0.496 e. The number of carbonyl (C=O) groups excluding carboxylic acids is 1. The zero-order valence-corrected chi connectivity index (χ0v) is 15.4. The Morgan fingerprint density at radius 1 is 1.28 bits per heavy atom. The van der Waals surface area contributed by atoms with Crippen LogP contribution in [0.4, 0.5) is 5.69 Å². The Kier molecular flexibility index (Phi) is 5.61. The van der Waals surface area contributed by atoms with Crippen molar-refractivity contribution in [1.82, 2.24) is 4.90 Å². The van der Waals surface area contributed by atoms with Crippen LogP contribution in [-0.2, 0) is 17.8 Å². The highest BCUT2D eigenvalue weighted by Gasteiger charge is 2.23. The van der Waals surface area contributed by atoms with Crippen molar-refractivity contribution in [1.29, 1.82) is 0 Å². The van der Waals surface area contributed by atoms with E-state index in [9.17, 15) is 4.79 Å². The molecule has 25 heavy (non-hydrogen) atoms. The molecule has 0 atom stereocenters. The number of ether oxygens (including phenoxy) is 1. The lowest BCUT2D eigenvalue weighted by Gasteiger charge is -2.31. The van der Waals surface area contributed by atoms with E-state index in [4.69, 9.17) is 16.3 Å². The predicted octanol–water partition coefficient (Wildman–Crippen LogP) is 3.76. The van der Waals surface area contributed by atoms with Gasteiger partial charge < -0.3 is 9.64 Å². The molecule has 0 radical (unpaired) electrons. The number of amides is 1. The summed E-state index contributed by atoms with van der Waals surface area (Å²) in [7, 11) is 3.58. The number of benzene rings is 2. The van der Waals surface area contributed by atoms with Crippen LogP contribution in [0.1, 0.15) is 17.5 Å². The Hall–Kier alpha value is -2.04. The minimum absolute atomic E-state index is 0.121. The van der Waals surface area contributed by atoms with Crippen molar-refractivity contribution in [2.75, 3.05) is 32.1 Å². The van der Waals surface area contributed by atoms with Gasteiger partial charge in [0.25, 0.3) is 0 Å². The summed E-state index contributed by atoms with van der Waals surface area (Å²) in [4.78, 5) is 16.7. The van der Waals surface area contributed by atoms with Gasteiger partial charge in [0.15, 0.2) is 0 Å². The van der Waals surface area contributed by atoms with E-state index < -0.39 is 0 Å². The van der Waals surface area contributed by atoms with Gasteiger partial charge in [0, 0.05) is 29.4 Å². The van der Waals surface area contributed by atoms with E-state index in [1.54, 1.807) is 13.2 Å². The van der Waals surface area contributed by atoms with Gasteiger partial charge in [-0.25, -0.2) is 0 Å². The highest BCUT2D eigenvalue weighted by atomic mass is 35.5. The number of aryl methyl sites for hydroxylation is 1. The first kappa shape index (κ1) is 17.8. The summed E-state index contributed by atoms with van der Waals surface area (Å²) < 4.78 is 5.39. The zero-order chi connectivity index (χ0) is 17.8. The number of likely N-dealkylation sites (N-methyl/N-ethyl adjacent to an activating group) is 1. The Labute approximate surface area is 154 Å². The van der Waals surface area contributed by atoms with Crippen LogP contribution in [0.25, 0.3) is 0 Å². The van der Waals surface area contributed by atoms with Crippen molar-refractivity contribution >= 4 is 23.2 Å². The number of anilines is 1. The third-order valence-corrected chi connectivity index (χ3v) is 4.73. The molecule has 0 saturated heterocycles. The number of methoxy groups -OCH3 is 1. The van der Waals surface area contributed by atoms with Crippen LogP contribution in [0.5, 0.6) is 5.75 Å². The fraction of sp³-hybridized carbons (Fsp3) is 0.350. The van der Waals surface area contributed by atoms with E-state index in [1.165, 1.54) is 5.56 Å². The van der Waals surface area contributed by atoms with Crippen LogP contribution in [0.15, 0.2) is 42.5 Å². The smallest absolute Gasteiger partial charge is 0.241 e. The molecule has 0 N–H and O–H groups in total. The summed E-state index contributed by atoms with van der Waals surface area (Å²) >= 11 is 6.09. The summed E-state index contributed by atoms with van der Waals surface area (Å²) in [6, 6.07) is 13.7. The first-order valence-electron chi connectivity index (χ1n) is 8.47. The van der Waals surface area contributed by atoms with Gasteiger partial charge in [0.05, 0.1) is 13.7 Å². The number of carbonyl (C=O) groups is 1. The molecule has 1 amide bonds. The molecule has 0 spiro atoms. The Balaban J connectivity index is 1.69. The molecule has 1 aliphatic heterocycles. The number of para-hydroxylation sites is 1. The lowest BCUT2D eigenvalue weighted by atomic mass is 10.0. The van der Waals surface area contributed by atoms with Crippen LogP contribution in [-0.4, -0.2) is 38.1 Å². The Morgan fingerprint density at radius 2 is 2.08 bits per heavy atom. The molecule has 4 nitrogen and oxygen atoms in total. The van der Waals surface area contributed by atoms with Crippen molar-refractivity contribution < 1.29 is 9.53 Å². The maximum absolute atomic E-state index is 12.8. The van der Waals surface area contributed by atoms with Gasteiger partial charge in [0.2, 0.25) is 5.91 Å². The third-order valence-electron chi connectivity index (χ3n) is 4.50.